The zero-order valence-electron chi connectivity index (χ0n) is 17.2. The number of nitrogens with one attached hydrogen (secondary N) is 2. The molecule has 0 aliphatic rings. The van der Waals surface area contributed by atoms with Gasteiger partial charge in [0.25, 0.3) is 11.8 Å². The second-order valence-corrected chi connectivity index (χ2v) is 8.08. The van der Waals surface area contributed by atoms with Crippen molar-refractivity contribution in [1.82, 2.24) is 15.2 Å². The molecule has 0 aliphatic heterocycles. The Hall–Kier alpha value is -2.76. The normalized spacial score (nSPS) is 11.0. The minimum Gasteiger partial charge on any atom is -0.351 e. The first-order chi connectivity index (χ1) is 13.8. The lowest BCUT2D eigenvalue weighted by molar-refractivity contribution is 0.0943. The summed E-state index contributed by atoms with van der Waals surface area (Å²) in [6.07, 6.45) is 0.852. The van der Waals surface area contributed by atoms with Crippen molar-refractivity contribution in [3.63, 3.8) is 0 Å². The Bertz CT molecular complexity index is 877. The number of hydrogen-bond acceptors (Lipinski definition) is 6. The van der Waals surface area contributed by atoms with Gasteiger partial charge in [0.2, 0.25) is 0 Å². The molecule has 0 atom stereocenters. The Kier molecular flexibility index (Phi) is 8.31. The molecule has 2 rings (SSSR count). The number of thiazole rings is 1. The molecule has 0 unspecified atom stereocenters. The van der Waals surface area contributed by atoms with Crippen molar-refractivity contribution in [3.05, 3.63) is 46.5 Å². The third-order valence-electron chi connectivity index (χ3n) is 4.42. The highest BCUT2D eigenvalue weighted by Crippen LogP contribution is 2.17. The molecule has 2 N–H and O–H groups in total. The van der Waals surface area contributed by atoms with Gasteiger partial charge in [0.15, 0.2) is 5.13 Å². The van der Waals surface area contributed by atoms with Gasteiger partial charge in [-0.3, -0.25) is 19.8 Å². The highest BCUT2D eigenvalue weighted by molar-refractivity contribution is 7.14. The average molecular weight is 414 g/mol. The van der Waals surface area contributed by atoms with Gasteiger partial charge in [0, 0.05) is 36.1 Å². The lowest BCUT2D eigenvalue weighted by Crippen LogP contribution is -2.39. The molecule has 8 heteroatoms. The zero-order valence-corrected chi connectivity index (χ0v) is 18.0. The van der Waals surface area contributed by atoms with Gasteiger partial charge in [-0.25, -0.2) is 4.98 Å². The van der Waals surface area contributed by atoms with Crippen molar-refractivity contribution in [1.29, 1.82) is 5.26 Å². The number of nitriles is 1. The van der Waals surface area contributed by atoms with Gasteiger partial charge in [-0.1, -0.05) is 6.07 Å². The molecular formula is C21H27N5O2S. The Labute approximate surface area is 175 Å². The maximum atomic E-state index is 12.3. The SMILES string of the molecule is CC(C)N(CCCNC(=O)c1csc(NC(=O)c2cccc(C#N)c2)n1)C(C)C. The second kappa shape index (κ2) is 10.7. The maximum absolute atomic E-state index is 12.3. The van der Waals surface area contributed by atoms with Crippen LogP contribution < -0.4 is 10.6 Å². The molecular weight excluding hydrogens is 386 g/mol. The number of hydrogen-bond donors (Lipinski definition) is 2. The van der Waals surface area contributed by atoms with Crippen molar-refractivity contribution >= 4 is 28.3 Å². The van der Waals surface area contributed by atoms with Gasteiger partial charge >= 0.3 is 0 Å². The van der Waals surface area contributed by atoms with Crippen LogP contribution in [-0.4, -0.2) is 46.9 Å². The van der Waals surface area contributed by atoms with E-state index in [0.717, 1.165) is 13.0 Å². The van der Waals surface area contributed by atoms with E-state index < -0.39 is 0 Å². The Morgan fingerprint density at radius 1 is 1.21 bits per heavy atom. The lowest BCUT2D eigenvalue weighted by Gasteiger charge is -2.30. The highest BCUT2D eigenvalue weighted by atomic mass is 32.1. The van der Waals surface area contributed by atoms with Crippen LogP contribution in [0.3, 0.4) is 0 Å². The number of amides is 2. The number of benzene rings is 1. The predicted octanol–water partition coefficient (Wildman–Crippen LogP) is 3.51. The van der Waals surface area contributed by atoms with E-state index in [0.29, 0.717) is 34.9 Å². The molecule has 0 spiro atoms. The van der Waals surface area contributed by atoms with Crippen molar-refractivity contribution in [2.24, 2.45) is 0 Å². The first kappa shape index (κ1) is 22.5. The number of carbonyl (C=O) groups excluding carboxylic acids is 2. The largest absolute Gasteiger partial charge is 0.351 e. The summed E-state index contributed by atoms with van der Waals surface area (Å²) >= 11 is 1.19. The summed E-state index contributed by atoms with van der Waals surface area (Å²) < 4.78 is 0. The number of nitrogens with zero attached hydrogens (tertiary/aromatic N) is 3. The molecule has 1 aromatic heterocycles. The van der Waals surface area contributed by atoms with Gasteiger partial charge in [-0.15, -0.1) is 11.3 Å². The van der Waals surface area contributed by atoms with E-state index in [1.54, 1.807) is 23.6 Å². The smallest absolute Gasteiger partial charge is 0.270 e. The van der Waals surface area contributed by atoms with Gasteiger partial charge < -0.3 is 5.32 Å². The topological polar surface area (TPSA) is 98.1 Å². The van der Waals surface area contributed by atoms with Crippen molar-refractivity contribution in [2.45, 2.75) is 46.2 Å². The summed E-state index contributed by atoms with van der Waals surface area (Å²) in [6, 6.07) is 9.33. The molecule has 2 aromatic rings. The molecule has 0 saturated carbocycles. The van der Waals surface area contributed by atoms with E-state index in [4.69, 9.17) is 5.26 Å². The molecule has 2 amide bonds. The van der Waals surface area contributed by atoms with Crippen LogP contribution in [0.2, 0.25) is 0 Å². The average Bonchev–Trinajstić information content (AvgIpc) is 3.15. The predicted molar refractivity (Wildman–Crippen MR) is 115 cm³/mol. The number of carbonyl (C=O) groups is 2. The third-order valence-corrected chi connectivity index (χ3v) is 5.17. The summed E-state index contributed by atoms with van der Waals surface area (Å²) in [4.78, 5) is 31.1. The van der Waals surface area contributed by atoms with Crippen LogP contribution in [0.4, 0.5) is 5.13 Å². The molecule has 0 bridgehead atoms. The van der Waals surface area contributed by atoms with Gasteiger partial charge in [0.05, 0.1) is 11.6 Å². The fourth-order valence-electron chi connectivity index (χ4n) is 3.00. The molecule has 0 fully saturated rings. The van der Waals surface area contributed by atoms with Crippen LogP contribution in [0.1, 0.15) is 60.5 Å². The monoisotopic (exact) mass is 413 g/mol. The molecule has 0 aliphatic carbocycles. The minimum absolute atomic E-state index is 0.256. The summed E-state index contributed by atoms with van der Waals surface area (Å²) in [5.74, 6) is -0.625. The Balaban J connectivity index is 1.85. The van der Waals surface area contributed by atoms with Gasteiger partial charge in [-0.05, 0) is 52.3 Å². The van der Waals surface area contributed by atoms with E-state index in [2.05, 4.69) is 48.2 Å². The van der Waals surface area contributed by atoms with Crippen LogP contribution in [0, 0.1) is 11.3 Å². The molecule has 0 radical (unpaired) electrons. The van der Waals surface area contributed by atoms with Crippen molar-refractivity contribution < 1.29 is 9.59 Å². The Morgan fingerprint density at radius 2 is 1.93 bits per heavy atom. The number of anilines is 1. The molecule has 7 nitrogen and oxygen atoms in total. The highest BCUT2D eigenvalue weighted by Gasteiger charge is 2.15. The number of rotatable bonds is 9. The Morgan fingerprint density at radius 3 is 2.59 bits per heavy atom. The maximum Gasteiger partial charge on any atom is 0.270 e. The van der Waals surface area contributed by atoms with Crippen molar-refractivity contribution in [2.75, 3.05) is 18.4 Å². The van der Waals surface area contributed by atoms with Crippen LogP contribution in [0.25, 0.3) is 0 Å². The third kappa shape index (κ3) is 6.66. The fraction of sp³-hybridized carbons (Fsp3) is 0.429. The summed E-state index contributed by atoms with van der Waals surface area (Å²) in [7, 11) is 0. The molecule has 29 heavy (non-hydrogen) atoms. The van der Waals surface area contributed by atoms with Crippen LogP contribution >= 0.6 is 11.3 Å². The molecule has 0 saturated heterocycles. The number of aromatic nitrogens is 1. The van der Waals surface area contributed by atoms with E-state index in [9.17, 15) is 9.59 Å². The van der Waals surface area contributed by atoms with Gasteiger partial charge in [0.1, 0.15) is 5.69 Å². The zero-order chi connectivity index (χ0) is 21.4. The first-order valence-electron chi connectivity index (χ1n) is 9.62. The molecule has 154 valence electrons. The van der Waals surface area contributed by atoms with E-state index in [-0.39, 0.29) is 17.5 Å². The van der Waals surface area contributed by atoms with Crippen LogP contribution in [0.15, 0.2) is 29.6 Å². The van der Waals surface area contributed by atoms with Crippen LogP contribution in [-0.2, 0) is 0 Å². The van der Waals surface area contributed by atoms with E-state index in [1.807, 2.05) is 6.07 Å². The van der Waals surface area contributed by atoms with Gasteiger partial charge in [-0.2, -0.15) is 5.26 Å². The summed E-state index contributed by atoms with van der Waals surface area (Å²) in [6.45, 7) is 10.1. The lowest BCUT2D eigenvalue weighted by atomic mass is 10.1. The second-order valence-electron chi connectivity index (χ2n) is 7.22. The first-order valence-corrected chi connectivity index (χ1v) is 10.5. The fourth-order valence-corrected chi connectivity index (χ4v) is 3.69. The standard InChI is InChI=1S/C21H27N5O2S/c1-14(2)26(15(3)4)10-6-9-23-20(28)18-13-29-21(24-18)25-19(27)17-8-5-7-16(11-17)12-22/h5,7-8,11,13-15H,6,9-10H2,1-4H3,(H,23,28)(H,24,25,27). The van der Waals surface area contributed by atoms with E-state index >= 15 is 0 Å². The van der Waals surface area contributed by atoms with E-state index in [1.165, 1.54) is 17.4 Å². The molecule has 1 aromatic carbocycles. The van der Waals surface area contributed by atoms with Crippen molar-refractivity contribution in [3.8, 4) is 6.07 Å². The molecule has 1 heterocycles. The minimum atomic E-state index is -0.370. The summed E-state index contributed by atoms with van der Waals surface area (Å²) in [5.41, 5.74) is 1.05. The summed E-state index contributed by atoms with van der Waals surface area (Å²) in [5, 5.41) is 16.4. The van der Waals surface area contributed by atoms with Crippen LogP contribution in [0.5, 0.6) is 0 Å². The quantitative estimate of drug-likeness (QED) is 0.613.